The molecule has 1 aromatic heterocycles. The first kappa shape index (κ1) is 18.1. The molecule has 4 rings (SSSR count). The number of benzene rings is 1. The summed E-state index contributed by atoms with van der Waals surface area (Å²) in [4.78, 5) is 19.8. The van der Waals surface area contributed by atoms with Crippen LogP contribution in [-0.4, -0.2) is 48.6 Å². The number of morpholine rings is 1. The van der Waals surface area contributed by atoms with Crippen molar-refractivity contribution in [2.45, 2.75) is 24.3 Å². The van der Waals surface area contributed by atoms with Gasteiger partial charge < -0.3 is 10.1 Å². The number of hydrogen-bond donors (Lipinski definition) is 1. The smallest absolute Gasteiger partial charge is 0.230 e. The van der Waals surface area contributed by atoms with Crippen LogP contribution in [-0.2, 0) is 14.9 Å². The van der Waals surface area contributed by atoms with Gasteiger partial charge in [0.2, 0.25) is 5.91 Å². The number of pyridine rings is 1. The van der Waals surface area contributed by atoms with Crippen molar-refractivity contribution in [3.8, 4) is 0 Å². The van der Waals surface area contributed by atoms with E-state index in [4.69, 9.17) is 4.74 Å². The lowest BCUT2D eigenvalue weighted by molar-refractivity contribution is -0.124. The maximum Gasteiger partial charge on any atom is 0.230 e. The van der Waals surface area contributed by atoms with Crippen molar-refractivity contribution in [3.63, 3.8) is 0 Å². The van der Waals surface area contributed by atoms with Crippen LogP contribution in [0.1, 0.15) is 30.1 Å². The van der Waals surface area contributed by atoms with E-state index >= 15 is 0 Å². The molecule has 27 heavy (non-hydrogen) atoms. The van der Waals surface area contributed by atoms with E-state index in [1.807, 2.05) is 18.2 Å². The van der Waals surface area contributed by atoms with Crippen molar-refractivity contribution < 1.29 is 13.9 Å². The summed E-state index contributed by atoms with van der Waals surface area (Å²) in [5, 5.41) is 3.14. The molecule has 2 fully saturated rings. The molecule has 1 aliphatic carbocycles. The normalized spacial score (nSPS) is 20.0. The van der Waals surface area contributed by atoms with Crippen LogP contribution in [0, 0.1) is 5.82 Å². The molecule has 1 atom stereocenters. The van der Waals surface area contributed by atoms with Gasteiger partial charge in [-0.05, 0) is 42.7 Å². The van der Waals surface area contributed by atoms with Gasteiger partial charge in [-0.3, -0.25) is 14.7 Å². The molecule has 0 spiro atoms. The predicted molar refractivity (Wildman–Crippen MR) is 99.7 cm³/mol. The summed E-state index contributed by atoms with van der Waals surface area (Å²) in [5.74, 6) is -0.263. The van der Waals surface area contributed by atoms with Gasteiger partial charge in [0.15, 0.2) is 0 Å². The Hall–Kier alpha value is -2.31. The van der Waals surface area contributed by atoms with Crippen molar-refractivity contribution in [1.82, 2.24) is 15.2 Å². The van der Waals surface area contributed by atoms with Gasteiger partial charge in [0, 0.05) is 25.8 Å². The number of ether oxygens (including phenoxy) is 1. The first-order valence-electron chi connectivity index (χ1n) is 9.46. The number of carbonyl (C=O) groups excluding carboxylic acids is 1. The summed E-state index contributed by atoms with van der Waals surface area (Å²) < 4.78 is 18.7. The summed E-state index contributed by atoms with van der Waals surface area (Å²) in [6, 6.07) is 12.2. The Labute approximate surface area is 158 Å². The molecule has 1 aromatic carbocycles. The molecule has 0 radical (unpaired) electrons. The van der Waals surface area contributed by atoms with Crippen LogP contribution in [0.4, 0.5) is 4.39 Å². The van der Waals surface area contributed by atoms with Crippen molar-refractivity contribution in [3.05, 3.63) is 65.7 Å². The Bertz CT molecular complexity index is 772. The lowest BCUT2D eigenvalue weighted by atomic mass is 9.95. The molecule has 1 saturated carbocycles. The zero-order chi connectivity index (χ0) is 18.7. The molecule has 1 aliphatic heterocycles. The Morgan fingerprint density at radius 2 is 1.93 bits per heavy atom. The summed E-state index contributed by atoms with van der Waals surface area (Å²) in [6.07, 6.45) is 3.39. The monoisotopic (exact) mass is 369 g/mol. The van der Waals surface area contributed by atoms with E-state index in [0.717, 1.165) is 37.2 Å². The maximum absolute atomic E-state index is 13.2. The number of nitrogens with zero attached hydrogens (tertiary/aromatic N) is 2. The zero-order valence-corrected chi connectivity index (χ0v) is 15.2. The molecule has 6 heteroatoms. The van der Waals surface area contributed by atoms with Crippen LogP contribution in [0.2, 0.25) is 0 Å². The minimum atomic E-state index is -0.507. The van der Waals surface area contributed by atoms with Gasteiger partial charge in [-0.25, -0.2) is 4.39 Å². The highest BCUT2D eigenvalue weighted by atomic mass is 19.1. The number of halogens is 1. The first-order chi connectivity index (χ1) is 13.2. The van der Waals surface area contributed by atoms with Gasteiger partial charge in [0.25, 0.3) is 0 Å². The van der Waals surface area contributed by atoms with E-state index < -0.39 is 5.41 Å². The molecule has 2 aliphatic rings. The van der Waals surface area contributed by atoms with Crippen molar-refractivity contribution >= 4 is 5.91 Å². The molecule has 1 N–H and O–H groups in total. The number of rotatable bonds is 6. The minimum Gasteiger partial charge on any atom is -0.379 e. The van der Waals surface area contributed by atoms with Gasteiger partial charge in [0.05, 0.1) is 30.4 Å². The quantitative estimate of drug-likeness (QED) is 0.850. The summed E-state index contributed by atoms with van der Waals surface area (Å²) >= 11 is 0. The SMILES string of the molecule is O=C(NC[C@@H](c1ccccn1)N1CCOCC1)C1(c2ccc(F)cc2)CC1. The molecule has 0 bridgehead atoms. The molecular formula is C21H24FN3O2. The summed E-state index contributed by atoms with van der Waals surface area (Å²) in [7, 11) is 0. The lowest BCUT2D eigenvalue weighted by Crippen LogP contribution is -2.45. The molecule has 1 amide bonds. The van der Waals surface area contributed by atoms with Crippen LogP contribution < -0.4 is 5.32 Å². The molecule has 2 aromatic rings. The molecule has 2 heterocycles. The Kier molecular flexibility index (Phi) is 5.18. The molecule has 5 nitrogen and oxygen atoms in total. The third kappa shape index (κ3) is 3.87. The molecular weight excluding hydrogens is 345 g/mol. The van der Waals surface area contributed by atoms with Crippen LogP contribution in [0.15, 0.2) is 48.7 Å². The van der Waals surface area contributed by atoms with E-state index in [0.29, 0.717) is 19.8 Å². The van der Waals surface area contributed by atoms with Crippen molar-refractivity contribution in [2.24, 2.45) is 0 Å². The number of aromatic nitrogens is 1. The first-order valence-corrected chi connectivity index (χ1v) is 9.46. The highest BCUT2D eigenvalue weighted by molar-refractivity contribution is 5.91. The standard InChI is InChI=1S/C21H24FN3O2/c22-17-6-4-16(5-7-17)21(8-9-21)20(26)24-15-19(18-3-1-2-10-23-18)25-11-13-27-14-12-25/h1-7,10,19H,8-9,11-15H2,(H,24,26)/t19-/m0/s1. The van der Waals surface area contributed by atoms with Gasteiger partial charge in [-0.1, -0.05) is 18.2 Å². The zero-order valence-electron chi connectivity index (χ0n) is 15.2. The Morgan fingerprint density at radius 1 is 1.19 bits per heavy atom. The highest BCUT2D eigenvalue weighted by Gasteiger charge is 2.51. The van der Waals surface area contributed by atoms with E-state index in [9.17, 15) is 9.18 Å². The molecule has 1 saturated heterocycles. The van der Waals surface area contributed by atoms with E-state index in [-0.39, 0.29) is 17.8 Å². The van der Waals surface area contributed by atoms with Crippen LogP contribution in [0.5, 0.6) is 0 Å². The average Bonchev–Trinajstić information content (AvgIpc) is 3.52. The number of hydrogen-bond acceptors (Lipinski definition) is 4. The van der Waals surface area contributed by atoms with Gasteiger partial charge in [0.1, 0.15) is 5.82 Å². The topological polar surface area (TPSA) is 54.5 Å². The fraction of sp³-hybridized carbons (Fsp3) is 0.429. The summed E-state index contributed by atoms with van der Waals surface area (Å²) in [5.41, 5.74) is 1.33. The second kappa shape index (κ2) is 7.74. The Morgan fingerprint density at radius 3 is 2.56 bits per heavy atom. The van der Waals surface area contributed by atoms with E-state index in [1.165, 1.54) is 12.1 Å². The van der Waals surface area contributed by atoms with Crippen LogP contribution in [0.25, 0.3) is 0 Å². The van der Waals surface area contributed by atoms with Crippen LogP contribution in [0.3, 0.4) is 0 Å². The van der Waals surface area contributed by atoms with Crippen molar-refractivity contribution in [1.29, 1.82) is 0 Å². The minimum absolute atomic E-state index is 0.0167. The Balaban J connectivity index is 1.47. The fourth-order valence-corrected chi connectivity index (χ4v) is 3.78. The number of amides is 1. The van der Waals surface area contributed by atoms with Gasteiger partial charge in [-0.15, -0.1) is 0 Å². The third-order valence-corrected chi connectivity index (χ3v) is 5.55. The van der Waals surface area contributed by atoms with E-state index in [2.05, 4.69) is 15.2 Å². The maximum atomic E-state index is 13.2. The van der Waals surface area contributed by atoms with Gasteiger partial charge >= 0.3 is 0 Å². The second-order valence-electron chi connectivity index (χ2n) is 7.22. The van der Waals surface area contributed by atoms with Crippen molar-refractivity contribution in [2.75, 3.05) is 32.8 Å². The number of carbonyl (C=O) groups is 1. The number of nitrogens with one attached hydrogen (secondary N) is 1. The lowest BCUT2D eigenvalue weighted by Gasteiger charge is -2.34. The van der Waals surface area contributed by atoms with E-state index in [1.54, 1.807) is 18.3 Å². The summed E-state index contributed by atoms with van der Waals surface area (Å²) in [6.45, 7) is 3.52. The third-order valence-electron chi connectivity index (χ3n) is 5.55. The largest absolute Gasteiger partial charge is 0.379 e. The van der Waals surface area contributed by atoms with Gasteiger partial charge in [-0.2, -0.15) is 0 Å². The molecule has 0 unspecified atom stereocenters. The fourth-order valence-electron chi connectivity index (χ4n) is 3.78. The predicted octanol–water partition coefficient (Wildman–Crippen LogP) is 2.44. The average molecular weight is 369 g/mol. The highest BCUT2D eigenvalue weighted by Crippen LogP contribution is 2.48. The van der Waals surface area contributed by atoms with Crippen LogP contribution >= 0.6 is 0 Å². The molecule has 142 valence electrons. The second-order valence-corrected chi connectivity index (χ2v) is 7.22.